The predicted molar refractivity (Wildman–Crippen MR) is 82.7 cm³/mol. The van der Waals surface area contributed by atoms with E-state index in [0.717, 1.165) is 33.4 Å². The van der Waals surface area contributed by atoms with Gasteiger partial charge in [0.2, 0.25) is 0 Å². The molecule has 0 unspecified atom stereocenters. The molecule has 0 atom stereocenters. The van der Waals surface area contributed by atoms with E-state index < -0.39 is 0 Å². The molecular formula is C15H14BrN3O. The molecule has 0 saturated carbocycles. The van der Waals surface area contributed by atoms with Crippen LogP contribution in [0, 0.1) is 0 Å². The highest BCUT2D eigenvalue weighted by Crippen LogP contribution is 2.25. The summed E-state index contributed by atoms with van der Waals surface area (Å²) in [4.78, 5) is 1.64. The van der Waals surface area contributed by atoms with E-state index in [-0.39, 0.29) is 0 Å². The molecule has 0 amide bonds. The summed E-state index contributed by atoms with van der Waals surface area (Å²) in [7, 11) is 0. The van der Waals surface area contributed by atoms with E-state index >= 15 is 0 Å². The van der Waals surface area contributed by atoms with E-state index in [9.17, 15) is 0 Å². The van der Waals surface area contributed by atoms with Gasteiger partial charge in [0.25, 0.3) is 0 Å². The number of nitrogens with zero attached hydrogens (tertiary/aromatic N) is 3. The molecule has 102 valence electrons. The molecule has 0 radical (unpaired) electrons. The summed E-state index contributed by atoms with van der Waals surface area (Å²) < 4.78 is 5.67. The van der Waals surface area contributed by atoms with Gasteiger partial charge in [-0.05, 0) is 36.8 Å². The number of halogens is 1. The lowest BCUT2D eigenvalue weighted by molar-refractivity contribution is 0.337. The normalized spacial score (nSPS) is 10.9. The highest BCUT2D eigenvalue weighted by atomic mass is 79.9. The average molecular weight is 332 g/mol. The Kier molecular flexibility index (Phi) is 3.69. The Morgan fingerprint density at radius 1 is 1.10 bits per heavy atom. The van der Waals surface area contributed by atoms with Crippen LogP contribution in [0.25, 0.3) is 16.7 Å². The van der Waals surface area contributed by atoms with Crippen LogP contribution in [0.3, 0.4) is 0 Å². The molecule has 4 nitrogen and oxygen atoms in total. The lowest BCUT2D eigenvalue weighted by Gasteiger charge is -2.10. The minimum absolute atomic E-state index is 0.613. The van der Waals surface area contributed by atoms with Crippen LogP contribution < -0.4 is 4.74 Å². The van der Waals surface area contributed by atoms with E-state index in [2.05, 4.69) is 26.1 Å². The Hall–Kier alpha value is -1.88. The minimum Gasteiger partial charge on any atom is -0.492 e. The quantitative estimate of drug-likeness (QED) is 0.684. The lowest BCUT2D eigenvalue weighted by atomic mass is 10.2. The maximum Gasteiger partial charge on any atom is 0.146 e. The molecule has 0 spiro atoms. The van der Waals surface area contributed by atoms with Crippen molar-refractivity contribution in [1.82, 2.24) is 15.0 Å². The molecule has 0 saturated heterocycles. The van der Waals surface area contributed by atoms with Crippen LogP contribution in [0.1, 0.15) is 12.5 Å². The minimum atomic E-state index is 0.613. The standard InChI is InChI=1S/C15H14BrN3O/c1-2-20-15-8-7-11(10-16)9-14(15)19-17-12-5-3-4-6-13(12)18-19/h3-9H,2,10H2,1H3. The number of hydrogen-bond acceptors (Lipinski definition) is 3. The van der Waals surface area contributed by atoms with Crippen LogP contribution in [0.4, 0.5) is 0 Å². The summed E-state index contributed by atoms with van der Waals surface area (Å²) in [5.41, 5.74) is 3.77. The van der Waals surface area contributed by atoms with Gasteiger partial charge in [-0.2, -0.15) is 0 Å². The van der Waals surface area contributed by atoms with Crippen molar-refractivity contribution in [3.63, 3.8) is 0 Å². The molecule has 0 aliphatic heterocycles. The average Bonchev–Trinajstić information content (AvgIpc) is 2.91. The third kappa shape index (κ3) is 2.41. The number of ether oxygens (including phenoxy) is 1. The summed E-state index contributed by atoms with van der Waals surface area (Å²) in [6.45, 7) is 2.58. The fourth-order valence-electron chi connectivity index (χ4n) is 2.05. The third-order valence-electron chi connectivity index (χ3n) is 2.98. The molecule has 20 heavy (non-hydrogen) atoms. The zero-order chi connectivity index (χ0) is 13.9. The van der Waals surface area contributed by atoms with Crippen LogP contribution in [0.15, 0.2) is 42.5 Å². The lowest BCUT2D eigenvalue weighted by Crippen LogP contribution is -2.04. The number of aromatic nitrogens is 3. The van der Waals surface area contributed by atoms with Crippen molar-refractivity contribution in [1.29, 1.82) is 0 Å². The highest BCUT2D eigenvalue weighted by Gasteiger charge is 2.10. The molecule has 0 aliphatic carbocycles. The monoisotopic (exact) mass is 331 g/mol. The molecule has 0 aliphatic rings. The van der Waals surface area contributed by atoms with Crippen molar-refractivity contribution in [3.05, 3.63) is 48.0 Å². The van der Waals surface area contributed by atoms with Gasteiger partial charge in [0, 0.05) is 5.33 Å². The summed E-state index contributed by atoms with van der Waals surface area (Å²) >= 11 is 3.47. The van der Waals surface area contributed by atoms with Gasteiger partial charge in [0.15, 0.2) is 0 Å². The van der Waals surface area contributed by atoms with Gasteiger partial charge >= 0.3 is 0 Å². The maximum atomic E-state index is 5.67. The Bertz CT molecular complexity index is 706. The number of benzene rings is 2. The molecule has 5 heteroatoms. The number of rotatable bonds is 4. The SMILES string of the molecule is CCOc1ccc(CBr)cc1-n1nc2ccccc2n1. The fourth-order valence-corrected chi connectivity index (χ4v) is 2.40. The maximum absolute atomic E-state index is 5.67. The van der Waals surface area contributed by atoms with E-state index in [1.165, 1.54) is 0 Å². The van der Waals surface area contributed by atoms with Crippen LogP contribution in [-0.2, 0) is 5.33 Å². The molecule has 2 aromatic carbocycles. The Morgan fingerprint density at radius 2 is 1.80 bits per heavy atom. The summed E-state index contributed by atoms with van der Waals surface area (Å²) in [5, 5.41) is 9.81. The Labute approximate surface area is 125 Å². The van der Waals surface area contributed by atoms with E-state index in [1.807, 2.05) is 49.4 Å². The number of alkyl halides is 1. The fraction of sp³-hybridized carbons (Fsp3) is 0.200. The van der Waals surface area contributed by atoms with Crippen LogP contribution in [-0.4, -0.2) is 21.6 Å². The second-order valence-corrected chi connectivity index (χ2v) is 4.91. The smallest absolute Gasteiger partial charge is 0.146 e. The van der Waals surface area contributed by atoms with Gasteiger partial charge in [-0.3, -0.25) is 0 Å². The van der Waals surface area contributed by atoms with Crippen LogP contribution in [0.5, 0.6) is 5.75 Å². The highest BCUT2D eigenvalue weighted by molar-refractivity contribution is 9.08. The molecule has 0 N–H and O–H groups in total. The Balaban J connectivity index is 2.15. The van der Waals surface area contributed by atoms with Crippen molar-refractivity contribution < 1.29 is 4.74 Å². The first kappa shape index (κ1) is 13.1. The first-order chi connectivity index (χ1) is 9.81. The van der Waals surface area contributed by atoms with Gasteiger partial charge in [-0.1, -0.05) is 34.1 Å². The van der Waals surface area contributed by atoms with Crippen molar-refractivity contribution in [2.45, 2.75) is 12.3 Å². The summed E-state index contributed by atoms with van der Waals surface area (Å²) in [5.74, 6) is 0.789. The predicted octanol–water partition coefficient (Wildman–Crippen LogP) is 3.71. The van der Waals surface area contributed by atoms with E-state index in [4.69, 9.17) is 4.74 Å². The first-order valence-corrected chi connectivity index (χ1v) is 7.58. The van der Waals surface area contributed by atoms with Gasteiger partial charge < -0.3 is 4.74 Å². The van der Waals surface area contributed by atoms with Crippen LogP contribution in [0.2, 0.25) is 0 Å². The number of hydrogen-bond donors (Lipinski definition) is 0. The van der Waals surface area contributed by atoms with Gasteiger partial charge in [-0.15, -0.1) is 15.0 Å². The van der Waals surface area contributed by atoms with Gasteiger partial charge in [0.05, 0.1) is 6.61 Å². The zero-order valence-corrected chi connectivity index (χ0v) is 12.7. The molecular weight excluding hydrogens is 318 g/mol. The van der Waals surface area contributed by atoms with Gasteiger partial charge in [-0.25, -0.2) is 0 Å². The zero-order valence-electron chi connectivity index (χ0n) is 11.1. The van der Waals surface area contributed by atoms with Crippen molar-refractivity contribution in [2.75, 3.05) is 6.61 Å². The van der Waals surface area contributed by atoms with Crippen molar-refractivity contribution >= 4 is 27.0 Å². The molecule has 3 aromatic rings. The van der Waals surface area contributed by atoms with Crippen molar-refractivity contribution in [2.24, 2.45) is 0 Å². The second kappa shape index (κ2) is 5.63. The van der Waals surface area contributed by atoms with E-state index in [1.54, 1.807) is 4.80 Å². The Morgan fingerprint density at radius 3 is 2.40 bits per heavy atom. The molecule has 1 aromatic heterocycles. The first-order valence-electron chi connectivity index (χ1n) is 6.46. The summed E-state index contributed by atoms with van der Waals surface area (Å²) in [6, 6.07) is 13.9. The van der Waals surface area contributed by atoms with E-state index in [0.29, 0.717) is 6.61 Å². The molecule has 0 fully saturated rings. The molecule has 0 bridgehead atoms. The van der Waals surface area contributed by atoms with Crippen molar-refractivity contribution in [3.8, 4) is 11.4 Å². The number of fused-ring (bicyclic) bond motifs is 1. The van der Waals surface area contributed by atoms with Gasteiger partial charge in [0.1, 0.15) is 22.5 Å². The second-order valence-electron chi connectivity index (χ2n) is 4.35. The molecule has 1 heterocycles. The summed E-state index contributed by atoms with van der Waals surface area (Å²) in [6.07, 6.45) is 0. The topological polar surface area (TPSA) is 39.9 Å². The van der Waals surface area contributed by atoms with Crippen LogP contribution >= 0.6 is 15.9 Å². The third-order valence-corrected chi connectivity index (χ3v) is 3.63. The largest absolute Gasteiger partial charge is 0.492 e. The molecule has 3 rings (SSSR count).